The molecule has 0 atom stereocenters. The van der Waals surface area contributed by atoms with Gasteiger partial charge in [0, 0.05) is 5.69 Å². The van der Waals surface area contributed by atoms with Crippen molar-refractivity contribution in [1.29, 1.82) is 0 Å². The molecule has 0 spiro atoms. The molecule has 0 bridgehead atoms. The number of nitrogen functional groups attached to an aromatic ring is 1. The Morgan fingerprint density at radius 1 is 1.33 bits per heavy atom. The molecule has 3 heteroatoms. The van der Waals surface area contributed by atoms with E-state index in [-0.39, 0.29) is 12.1 Å². The van der Waals surface area contributed by atoms with Crippen LogP contribution >= 0.6 is 0 Å². The van der Waals surface area contributed by atoms with E-state index in [1.807, 2.05) is 12.1 Å². The summed E-state index contributed by atoms with van der Waals surface area (Å²) in [5.41, 5.74) is 7.22. The van der Waals surface area contributed by atoms with Gasteiger partial charge < -0.3 is 10.5 Å². The van der Waals surface area contributed by atoms with Crippen LogP contribution < -0.4 is 5.73 Å². The van der Waals surface area contributed by atoms with E-state index in [4.69, 9.17) is 10.5 Å². The normalized spacial score (nSPS) is 15.7. The molecule has 1 aliphatic rings. The number of rotatable bonds is 3. The molecule has 3 nitrogen and oxygen atoms in total. The van der Waals surface area contributed by atoms with Crippen LogP contribution in [-0.2, 0) is 16.0 Å². The van der Waals surface area contributed by atoms with E-state index in [9.17, 15) is 4.79 Å². The fourth-order valence-corrected chi connectivity index (χ4v) is 1.52. The van der Waals surface area contributed by atoms with E-state index >= 15 is 0 Å². The molecule has 0 heterocycles. The van der Waals surface area contributed by atoms with E-state index in [0.717, 1.165) is 18.4 Å². The highest BCUT2D eigenvalue weighted by atomic mass is 16.5. The van der Waals surface area contributed by atoms with Crippen LogP contribution in [0.3, 0.4) is 0 Å². The van der Waals surface area contributed by atoms with E-state index in [0.29, 0.717) is 12.1 Å². The zero-order chi connectivity index (χ0) is 10.7. The molecule has 0 saturated heterocycles. The molecule has 0 amide bonds. The molecule has 0 aliphatic heterocycles. The third-order valence-electron chi connectivity index (χ3n) is 2.68. The molecule has 1 aromatic carbocycles. The first kappa shape index (κ1) is 10.0. The standard InChI is InChI=1S/C12H15NO2/c13-10-6-4-9(5-7-10)8-12(14)15-11-2-1-3-11/h4-7,11H,1-3,8,13H2. The first-order valence-corrected chi connectivity index (χ1v) is 5.28. The zero-order valence-electron chi connectivity index (χ0n) is 8.61. The number of ether oxygens (including phenoxy) is 1. The summed E-state index contributed by atoms with van der Waals surface area (Å²) in [5.74, 6) is -0.135. The predicted molar refractivity (Wildman–Crippen MR) is 58.3 cm³/mol. The van der Waals surface area contributed by atoms with Gasteiger partial charge in [-0.15, -0.1) is 0 Å². The van der Waals surface area contributed by atoms with Crippen molar-refractivity contribution in [3.63, 3.8) is 0 Å². The van der Waals surface area contributed by atoms with Gasteiger partial charge in [-0.3, -0.25) is 4.79 Å². The zero-order valence-corrected chi connectivity index (χ0v) is 8.61. The van der Waals surface area contributed by atoms with E-state index in [1.54, 1.807) is 12.1 Å². The summed E-state index contributed by atoms with van der Waals surface area (Å²) in [7, 11) is 0. The molecule has 0 radical (unpaired) electrons. The summed E-state index contributed by atoms with van der Waals surface area (Å²) in [6.45, 7) is 0. The van der Waals surface area contributed by atoms with Gasteiger partial charge in [-0.05, 0) is 37.0 Å². The van der Waals surface area contributed by atoms with E-state index in [1.165, 1.54) is 6.42 Å². The molecule has 2 rings (SSSR count). The number of nitrogens with two attached hydrogens (primary N) is 1. The third-order valence-corrected chi connectivity index (χ3v) is 2.68. The molecule has 1 aliphatic carbocycles. The summed E-state index contributed by atoms with van der Waals surface area (Å²) >= 11 is 0. The van der Waals surface area contributed by atoms with Crippen LogP contribution in [0.25, 0.3) is 0 Å². The van der Waals surface area contributed by atoms with Gasteiger partial charge >= 0.3 is 5.97 Å². The average Bonchev–Trinajstić information content (AvgIpc) is 2.16. The van der Waals surface area contributed by atoms with Gasteiger partial charge in [-0.1, -0.05) is 12.1 Å². The van der Waals surface area contributed by atoms with Gasteiger partial charge in [0.2, 0.25) is 0 Å². The molecule has 1 fully saturated rings. The Kier molecular flexibility index (Phi) is 2.90. The Hall–Kier alpha value is -1.51. The first-order valence-electron chi connectivity index (χ1n) is 5.28. The van der Waals surface area contributed by atoms with Crippen molar-refractivity contribution in [2.45, 2.75) is 31.8 Å². The summed E-state index contributed by atoms with van der Waals surface area (Å²) in [6, 6.07) is 7.31. The SMILES string of the molecule is Nc1ccc(CC(=O)OC2CCC2)cc1. The number of anilines is 1. The van der Waals surface area contributed by atoms with Gasteiger partial charge in [0.1, 0.15) is 6.10 Å². The largest absolute Gasteiger partial charge is 0.462 e. The Labute approximate surface area is 89.2 Å². The minimum atomic E-state index is -0.135. The molecular weight excluding hydrogens is 190 g/mol. The van der Waals surface area contributed by atoms with E-state index in [2.05, 4.69) is 0 Å². The monoisotopic (exact) mass is 205 g/mol. The maximum absolute atomic E-state index is 11.4. The van der Waals surface area contributed by atoms with Crippen LogP contribution in [-0.4, -0.2) is 12.1 Å². The van der Waals surface area contributed by atoms with Crippen LogP contribution in [0.5, 0.6) is 0 Å². The lowest BCUT2D eigenvalue weighted by Crippen LogP contribution is -2.25. The van der Waals surface area contributed by atoms with Gasteiger partial charge in [0.15, 0.2) is 0 Å². The van der Waals surface area contributed by atoms with Crippen LogP contribution in [0, 0.1) is 0 Å². The molecule has 80 valence electrons. The summed E-state index contributed by atoms with van der Waals surface area (Å²) in [5, 5.41) is 0. The van der Waals surface area contributed by atoms with Crippen LogP contribution in [0.15, 0.2) is 24.3 Å². The second-order valence-electron chi connectivity index (χ2n) is 3.96. The molecule has 1 saturated carbocycles. The Morgan fingerprint density at radius 3 is 2.53 bits per heavy atom. The molecule has 15 heavy (non-hydrogen) atoms. The maximum Gasteiger partial charge on any atom is 0.310 e. The summed E-state index contributed by atoms with van der Waals surface area (Å²) in [4.78, 5) is 11.4. The number of hydrogen-bond acceptors (Lipinski definition) is 3. The lowest BCUT2D eigenvalue weighted by molar-refractivity contribution is -0.152. The van der Waals surface area contributed by atoms with Gasteiger partial charge in [0.05, 0.1) is 6.42 Å². The number of benzene rings is 1. The summed E-state index contributed by atoms with van der Waals surface area (Å²) < 4.78 is 5.25. The van der Waals surface area contributed by atoms with E-state index < -0.39 is 0 Å². The molecule has 1 aromatic rings. The predicted octanol–water partition coefficient (Wildman–Crippen LogP) is 1.91. The molecule has 0 aromatic heterocycles. The fraction of sp³-hybridized carbons (Fsp3) is 0.417. The quantitative estimate of drug-likeness (QED) is 0.605. The Morgan fingerprint density at radius 2 is 2.00 bits per heavy atom. The van der Waals surface area contributed by atoms with Crippen molar-refractivity contribution in [3.05, 3.63) is 29.8 Å². The second kappa shape index (κ2) is 4.34. The van der Waals surface area contributed by atoms with Gasteiger partial charge in [-0.2, -0.15) is 0 Å². The minimum Gasteiger partial charge on any atom is -0.462 e. The fourth-order valence-electron chi connectivity index (χ4n) is 1.52. The average molecular weight is 205 g/mol. The third kappa shape index (κ3) is 2.72. The lowest BCUT2D eigenvalue weighted by Gasteiger charge is -2.25. The van der Waals surface area contributed by atoms with Crippen LogP contribution in [0.4, 0.5) is 5.69 Å². The van der Waals surface area contributed by atoms with Crippen molar-refractivity contribution < 1.29 is 9.53 Å². The number of carbonyl (C=O) groups is 1. The highest BCUT2D eigenvalue weighted by Crippen LogP contribution is 2.22. The topological polar surface area (TPSA) is 52.3 Å². The highest BCUT2D eigenvalue weighted by Gasteiger charge is 2.21. The highest BCUT2D eigenvalue weighted by molar-refractivity contribution is 5.73. The number of hydrogen-bond donors (Lipinski definition) is 1. The first-order chi connectivity index (χ1) is 7.24. The molecule has 0 unspecified atom stereocenters. The Balaban J connectivity index is 1.84. The van der Waals surface area contributed by atoms with Crippen LogP contribution in [0.2, 0.25) is 0 Å². The van der Waals surface area contributed by atoms with Gasteiger partial charge in [0.25, 0.3) is 0 Å². The van der Waals surface area contributed by atoms with Crippen molar-refractivity contribution in [3.8, 4) is 0 Å². The second-order valence-corrected chi connectivity index (χ2v) is 3.96. The number of carbonyl (C=O) groups excluding carboxylic acids is 1. The van der Waals surface area contributed by atoms with Crippen LogP contribution in [0.1, 0.15) is 24.8 Å². The van der Waals surface area contributed by atoms with Crippen molar-refractivity contribution in [1.82, 2.24) is 0 Å². The van der Waals surface area contributed by atoms with Crippen molar-refractivity contribution in [2.24, 2.45) is 0 Å². The molecular formula is C12H15NO2. The lowest BCUT2D eigenvalue weighted by atomic mass is 9.96. The number of esters is 1. The summed E-state index contributed by atoms with van der Waals surface area (Å²) in [6.07, 6.45) is 3.74. The molecule has 2 N–H and O–H groups in total. The van der Waals surface area contributed by atoms with Crippen molar-refractivity contribution in [2.75, 3.05) is 5.73 Å². The Bertz CT molecular complexity index is 341. The van der Waals surface area contributed by atoms with Gasteiger partial charge in [-0.25, -0.2) is 0 Å². The minimum absolute atomic E-state index is 0.135. The smallest absolute Gasteiger partial charge is 0.310 e. The van der Waals surface area contributed by atoms with Crippen molar-refractivity contribution >= 4 is 11.7 Å². The maximum atomic E-state index is 11.4.